The van der Waals surface area contributed by atoms with E-state index in [1.807, 2.05) is 0 Å². The molecular weight excluding hydrogens is 182 g/mol. The molecule has 1 saturated heterocycles. The lowest BCUT2D eigenvalue weighted by molar-refractivity contribution is 0.177. The largest absolute Gasteiger partial charge is 0.391 e. The van der Waals surface area contributed by atoms with E-state index >= 15 is 0 Å². The van der Waals surface area contributed by atoms with Gasteiger partial charge in [0.05, 0.1) is 6.10 Å². The van der Waals surface area contributed by atoms with E-state index in [1.54, 1.807) is 11.3 Å². The van der Waals surface area contributed by atoms with Crippen LogP contribution in [0.25, 0.3) is 0 Å². The highest BCUT2D eigenvalue weighted by Crippen LogP contribution is 2.32. The molecule has 1 aromatic rings. The van der Waals surface area contributed by atoms with Crippen LogP contribution in [0.5, 0.6) is 0 Å². The summed E-state index contributed by atoms with van der Waals surface area (Å²) in [6.45, 7) is 5.92. The highest BCUT2D eigenvalue weighted by Gasteiger charge is 2.29. The molecule has 0 amide bonds. The van der Waals surface area contributed by atoms with Crippen molar-refractivity contribution in [1.82, 2.24) is 5.32 Å². The minimum Gasteiger partial charge on any atom is -0.391 e. The van der Waals surface area contributed by atoms with E-state index in [1.165, 1.54) is 16.0 Å². The number of thiophene rings is 1. The lowest BCUT2D eigenvalue weighted by atomic mass is 9.94. The molecule has 1 aliphatic heterocycles. The summed E-state index contributed by atoms with van der Waals surface area (Å²) in [5, 5.41) is 15.1. The van der Waals surface area contributed by atoms with Crippen LogP contribution < -0.4 is 5.32 Å². The van der Waals surface area contributed by atoms with Gasteiger partial charge in [-0.15, -0.1) is 11.3 Å². The van der Waals surface area contributed by atoms with Gasteiger partial charge in [0.25, 0.3) is 0 Å². The molecule has 1 fully saturated rings. The minimum absolute atomic E-state index is 0.202. The quantitative estimate of drug-likeness (QED) is 0.713. The summed E-state index contributed by atoms with van der Waals surface area (Å²) >= 11 is 1.78. The zero-order valence-corrected chi connectivity index (χ0v) is 8.82. The monoisotopic (exact) mass is 197 g/mol. The second kappa shape index (κ2) is 3.40. The Morgan fingerprint density at radius 2 is 2.23 bits per heavy atom. The SMILES string of the molecule is Cc1csc(C)c1C1CNCC1O. The topological polar surface area (TPSA) is 32.3 Å². The molecule has 0 spiro atoms. The summed E-state index contributed by atoms with van der Waals surface area (Å²) in [5.74, 6) is 0.311. The zero-order valence-electron chi connectivity index (χ0n) is 8.00. The number of β-amino-alcohol motifs (C(OH)–C–C–N with tert-alkyl or cyclic N) is 1. The van der Waals surface area contributed by atoms with E-state index in [-0.39, 0.29) is 6.10 Å². The molecule has 2 rings (SSSR count). The van der Waals surface area contributed by atoms with Crippen LogP contribution in [0.2, 0.25) is 0 Å². The molecule has 1 aliphatic rings. The number of hydrogen-bond acceptors (Lipinski definition) is 3. The number of aliphatic hydroxyl groups is 1. The fourth-order valence-electron chi connectivity index (χ4n) is 2.09. The van der Waals surface area contributed by atoms with E-state index in [0.717, 1.165) is 13.1 Å². The molecule has 3 heteroatoms. The first kappa shape index (κ1) is 9.19. The van der Waals surface area contributed by atoms with Gasteiger partial charge in [-0.1, -0.05) is 0 Å². The van der Waals surface area contributed by atoms with Crippen molar-refractivity contribution >= 4 is 11.3 Å². The van der Waals surface area contributed by atoms with Crippen molar-refractivity contribution in [2.45, 2.75) is 25.9 Å². The molecule has 2 N–H and O–H groups in total. The molecule has 2 heterocycles. The van der Waals surface area contributed by atoms with Crippen LogP contribution in [0.15, 0.2) is 5.38 Å². The Morgan fingerprint density at radius 3 is 2.69 bits per heavy atom. The first-order valence-corrected chi connectivity index (χ1v) is 5.51. The van der Waals surface area contributed by atoms with Gasteiger partial charge < -0.3 is 10.4 Å². The molecule has 0 saturated carbocycles. The van der Waals surface area contributed by atoms with Crippen LogP contribution in [0.4, 0.5) is 0 Å². The summed E-state index contributed by atoms with van der Waals surface area (Å²) in [6.07, 6.45) is -0.202. The molecule has 2 unspecified atom stereocenters. The number of hydrogen-bond donors (Lipinski definition) is 2. The first-order chi connectivity index (χ1) is 6.20. The molecule has 2 nitrogen and oxygen atoms in total. The summed E-state index contributed by atoms with van der Waals surface area (Å²) in [5.41, 5.74) is 2.69. The Balaban J connectivity index is 2.33. The Kier molecular flexibility index (Phi) is 2.41. The van der Waals surface area contributed by atoms with E-state index in [9.17, 15) is 5.11 Å². The predicted molar refractivity (Wildman–Crippen MR) is 55.4 cm³/mol. The summed E-state index contributed by atoms with van der Waals surface area (Å²) in [4.78, 5) is 1.35. The van der Waals surface area contributed by atoms with Gasteiger partial charge in [0.15, 0.2) is 0 Å². The molecule has 2 atom stereocenters. The van der Waals surface area contributed by atoms with Gasteiger partial charge in [0.1, 0.15) is 0 Å². The maximum absolute atomic E-state index is 9.75. The van der Waals surface area contributed by atoms with Gasteiger partial charge >= 0.3 is 0 Å². The standard InChI is InChI=1S/C10H15NOS/c1-6-5-13-7(2)10(6)8-3-11-4-9(8)12/h5,8-9,11-12H,3-4H2,1-2H3. The van der Waals surface area contributed by atoms with Crippen molar-refractivity contribution in [2.24, 2.45) is 0 Å². The highest BCUT2D eigenvalue weighted by molar-refractivity contribution is 7.10. The number of rotatable bonds is 1. The van der Waals surface area contributed by atoms with Crippen LogP contribution in [0.1, 0.15) is 21.9 Å². The van der Waals surface area contributed by atoms with E-state index in [4.69, 9.17) is 0 Å². The lowest BCUT2D eigenvalue weighted by Gasteiger charge is -2.14. The maximum atomic E-state index is 9.75. The third kappa shape index (κ3) is 1.52. The summed E-state index contributed by atoms with van der Waals surface area (Å²) in [7, 11) is 0. The average Bonchev–Trinajstić information content (AvgIpc) is 2.60. The number of aryl methyl sites for hydroxylation is 2. The van der Waals surface area contributed by atoms with E-state index < -0.39 is 0 Å². The molecule has 0 aromatic carbocycles. The van der Waals surface area contributed by atoms with Gasteiger partial charge in [0, 0.05) is 23.9 Å². The average molecular weight is 197 g/mol. The summed E-state index contributed by atoms with van der Waals surface area (Å²) < 4.78 is 0. The lowest BCUT2D eigenvalue weighted by Crippen LogP contribution is -2.16. The third-order valence-corrected chi connectivity index (χ3v) is 3.81. The van der Waals surface area contributed by atoms with Crippen molar-refractivity contribution in [3.8, 4) is 0 Å². The minimum atomic E-state index is -0.202. The molecule has 0 aliphatic carbocycles. The Bertz CT molecular complexity index is 288. The van der Waals surface area contributed by atoms with Crippen LogP contribution in [0, 0.1) is 13.8 Å². The fourth-order valence-corrected chi connectivity index (χ4v) is 3.01. The van der Waals surface area contributed by atoms with Crippen LogP contribution >= 0.6 is 11.3 Å². The molecule has 0 bridgehead atoms. The van der Waals surface area contributed by atoms with E-state index in [2.05, 4.69) is 24.5 Å². The molecule has 0 radical (unpaired) electrons. The van der Waals surface area contributed by atoms with Crippen LogP contribution in [0.3, 0.4) is 0 Å². The van der Waals surface area contributed by atoms with Gasteiger partial charge in [-0.05, 0) is 30.4 Å². The second-order valence-corrected chi connectivity index (χ2v) is 4.80. The summed E-state index contributed by atoms with van der Waals surface area (Å²) in [6, 6.07) is 0. The number of nitrogens with one attached hydrogen (secondary N) is 1. The molecular formula is C10H15NOS. The van der Waals surface area contributed by atoms with Crippen LogP contribution in [-0.2, 0) is 0 Å². The van der Waals surface area contributed by atoms with Crippen LogP contribution in [-0.4, -0.2) is 24.3 Å². The van der Waals surface area contributed by atoms with Gasteiger partial charge in [0.2, 0.25) is 0 Å². The Hall–Kier alpha value is -0.380. The van der Waals surface area contributed by atoms with Gasteiger partial charge in [-0.3, -0.25) is 0 Å². The third-order valence-electron chi connectivity index (χ3n) is 2.77. The van der Waals surface area contributed by atoms with Gasteiger partial charge in [-0.25, -0.2) is 0 Å². The molecule has 13 heavy (non-hydrogen) atoms. The zero-order chi connectivity index (χ0) is 9.42. The molecule has 1 aromatic heterocycles. The highest BCUT2D eigenvalue weighted by atomic mass is 32.1. The van der Waals surface area contributed by atoms with Crippen molar-refractivity contribution < 1.29 is 5.11 Å². The van der Waals surface area contributed by atoms with Crippen molar-refractivity contribution in [2.75, 3.05) is 13.1 Å². The smallest absolute Gasteiger partial charge is 0.0745 e. The number of aliphatic hydroxyl groups excluding tert-OH is 1. The second-order valence-electron chi connectivity index (χ2n) is 3.72. The molecule has 72 valence electrons. The first-order valence-electron chi connectivity index (χ1n) is 4.63. The maximum Gasteiger partial charge on any atom is 0.0745 e. The van der Waals surface area contributed by atoms with Crippen molar-refractivity contribution in [1.29, 1.82) is 0 Å². The van der Waals surface area contributed by atoms with Crippen molar-refractivity contribution in [3.63, 3.8) is 0 Å². The Morgan fingerprint density at radius 1 is 1.46 bits per heavy atom. The normalized spacial score (nSPS) is 28.2. The Labute approximate surface area is 82.6 Å². The van der Waals surface area contributed by atoms with E-state index in [0.29, 0.717) is 5.92 Å². The van der Waals surface area contributed by atoms with Crippen molar-refractivity contribution in [3.05, 3.63) is 21.4 Å². The predicted octanol–water partition coefficient (Wildman–Crippen LogP) is 1.41. The fraction of sp³-hybridized carbons (Fsp3) is 0.600. The van der Waals surface area contributed by atoms with Gasteiger partial charge in [-0.2, -0.15) is 0 Å².